The molecule has 0 saturated carbocycles. The highest BCUT2D eigenvalue weighted by Crippen LogP contribution is 2.30. The lowest BCUT2D eigenvalue weighted by atomic mass is 10.2. The van der Waals surface area contributed by atoms with Crippen molar-refractivity contribution in [2.75, 3.05) is 0 Å². The molecule has 1 heterocycles. The molecule has 130 valence electrons. The summed E-state index contributed by atoms with van der Waals surface area (Å²) in [4.78, 5) is 0. The van der Waals surface area contributed by atoms with Gasteiger partial charge in [0.1, 0.15) is 5.75 Å². The molecule has 25 heavy (non-hydrogen) atoms. The van der Waals surface area contributed by atoms with E-state index in [1.807, 2.05) is 61.0 Å². The van der Waals surface area contributed by atoms with E-state index in [0.717, 1.165) is 27.3 Å². The smallest absolute Gasteiger partial charge is 0.191 e. The van der Waals surface area contributed by atoms with Crippen LogP contribution in [0, 0.1) is 0 Å². The second kappa shape index (κ2) is 8.13. The molecule has 3 rings (SSSR count). The first-order chi connectivity index (χ1) is 12.1. The molecule has 0 aliphatic heterocycles. The minimum Gasteiger partial charge on any atom is -0.481 e. The van der Waals surface area contributed by atoms with Gasteiger partial charge in [-0.3, -0.25) is 0 Å². The largest absolute Gasteiger partial charge is 0.481 e. The van der Waals surface area contributed by atoms with Crippen LogP contribution in [0.25, 0.3) is 0 Å². The molecule has 0 aliphatic rings. The number of hydrogen-bond acceptors (Lipinski definition) is 4. The average molecular weight is 394 g/mol. The van der Waals surface area contributed by atoms with E-state index >= 15 is 0 Å². The third-order valence-electron chi connectivity index (χ3n) is 3.69. The molecule has 1 unspecified atom stereocenters. The number of halogens is 2. The molecule has 7 heteroatoms. The highest BCUT2D eigenvalue weighted by atomic mass is 35.5. The summed E-state index contributed by atoms with van der Waals surface area (Å²) in [7, 11) is 1.93. The zero-order valence-electron chi connectivity index (χ0n) is 13.8. The molecule has 0 aliphatic carbocycles. The molecule has 0 amide bonds. The van der Waals surface area contributed by atoms with Crippen LogP contribution in [0.15, 0.2) is 53.7 Å². The first-order valence-electron chi connectivity index (χ1n) is 7.73. The van der Waals surface area contributed by atoms with E-state index < -0.39 is 0 Å². The molecule has 0 spiro atoms. The number of benzene rings is 2. The summed E-state index contributed by atoms with van der Waals surface area (Å²) in [5, 5.41) is 10.7. The fraction of sp³-hybridized carbons (Fsp3) is 0.222. The molecule has 2 aromatic carbocycles. The van der Waals surface area contributed by atoms with Gasteiger partial charge >= 0.3 is 0 Å². The van der Waals surface area contributed by atoms with Crippen LogP contribution in [-0.4, -0.2) is 14.8 Å². The minimum absolute atomic E-state index is 0.271. The molecule has 0 N–H and O–H groups in total. The van der Waals surface area contributed by atoms with Crippen molar-refractivity contribution >= 4 is 35.0 Å². The van der Waals surface area contributed by atoms with Crippen LogP contribution in [0.1, 0.15) is 24.4 Å². The van der Waals surface area contributed by atoms with Gasteiger partial charge in [-0.1, -0.05) is 65.3 Å². The highest BCUT2D eigenvalue weighted by Gasteiger charge is 2.18. The number of hydrogen-bond donors (Lipinski definition) is 0. The number of para-hydroxylation sites is 1. The lowest BCUT2D eigenvalue weighted by molar-refractivity contribution is 0.211. The molecular formula is C18H17Cl2N3OS. The van der Waals surface area contributed by atoms with Gasteiger partial charge in [0.05, 0.1) is 5.02 Å². The zero-order chi connectivity index (χ0) is 17.8. The van der Waals surface area contributed by atoms with Crippen LogP contribution in [0.4, 0.5) is 0 Å². The third kappa shape index (κ3) is 4.29. The van der Waals surface area contributed by atoms with E-state index in [2.05, 4.69) is 10.2 Å². The summed E-state index contributed by atoms with van der Waals surface area (Å²) < 4.78 is 7.86. The van der Waals surface area contributed by atoms with Crippen LogP contribution in [0.2, 0.25) is 10.0 Å². The fourth-order valence-electron chi connectivity index (χ4n) is 2.35. The lowest BCUT2D eigenvalue weighted by Crippen LogP contribution is -2.10. The predicted octanol–water partition coefficient (Wildman–Crippen LogP) is 5.55. The van der Waals surface area contributed by atoms with Gasteiger partial charge < -0.3 is 9.30 Å². The first kappa shape index (κ1) is 18.1. The summed E-state index contributed by atoms with van der Waals surface area (Å²) >= 11 is 13.9. The van der Waals surface area contributed by atoms with Crippen LogP contribution in [0.3, 0.4) is 0 Å². The lowest BCUT2D eigenvalue weighted by Gasteiger charge is -2.15. The molecule has 3 aromatic rings. The van der Waals surface area contributed by atoms with Crippen molar-refractivity contribution in [3.8, 4) is 5.75 Å². The second-order valence-corrected chi connectivity index (χ2v) is 7.23. The Bertz CT molecular complexity index is 869. The number of nitrogens with zero attached hydrogens (tertiary/aromatic N) is 3. The maximum atomic E-state index is 6.20. The highest BCUT2D eigenvalue weighted by molar-refractivity contribution is 7.98. The first-order valence-corrected chi connectivity index (χ1v) is 9.47. The summed E-state index contributed by atoms with van der Waals surface area (Å²) in [6.07, 6.45) is -0.271. The Morgan fingerprint density at radius 3 is 2.44 bits per heavy atom. The van der Waals surface area contributed by atoms with Crippen molar-refractivity contribution in [2.45, 2.75) is 23.9 Å². The van der Waals surface area contributed by atoms with E-state index in [4.69, 9.17) is 27.9 Å². The Kier molecular flexibility index (Phi) is 5.89. The molecule has 0 bridgehead atoms. The molecule has 0 saturated heterocycles. The SMILES string of the molecule is CC(Oc1ccccc1Cl)c1nnc(SCc2ccccc2Cl)n1C. The van der Waals surface area contributed by atoms with E-state index in [-0.39, 0.29) is 6.10 Å². The Morgan fingerprint density at radius 1 is 1.04 bits per heavy atom. The summed E-state index contributed by atoms with van der Waals surface area (Å²) in [5.74, 6) is 2.09. The van der Waals surface area contributed by atoms with Gasteiger partial charge in [0, 0.05) is 17.8 Å². The Hall–Kier alpha value is -1.69. The van der Waals surface area contributed by atoms with Crippen molar-refractivity contribution in [3.05, 3.63) is 70.0 Å². The van der Waals surface area contributed by atoms with Gasteiger partial charge in [0.15, 0.2) is 17.1 Å². The van der Waals surface area contributed by atoms with E-state index in [0.29, 0.717) is 10.8 Å². The summed E-state index contributed by atoms with van der Waals surface area (Å²) in [6, 6.07) is 15.2. The maximum Gasteiger partial charge on any atom is 0.191 e. The average Bonchev–Trinajstić information content (AvgIpc) is 2.97. The summed E-state index contributed by atoms with van der Waals surface area (Å²) in [6.45, 7) is 1.93. The van der Waals surface area contributed by atoms with Crippen LogP contribution >= 0.6 is 35.0 Å². The van der Waals surface area contributed by atoms with Gasteiger partial charge in [-0.05, 0) is 30.7 Å². The molecule has 1 atom stereocenters. The minimum atomic E-state index is -0.271. The van der Waals surface area contributed by atoms with Gasteiger partial charge in [0.2, 0.25) is 0 Å². The van der Waals surface area contributed by atoms with Crippen molar-refractivity contribution in [3.63, 3.8) is 0 Å². The van der Waals surface area contributed by atoms with E-state index in [1.54, 1.807) is 17.8 Å². The van der Waals surface area contributed by atoms with Crippen LogP contribution in [0.5, 0.6) is 5.75 Å². The molecular weight excluding hydrogens is 377 g/mol. The van der Waals surface area contributed by atoms with Gasteiger partial charge in [-0.15, -0.1) is 10.2 Å². The van der Waals surface area contributed by atoms with Crippen molar-refractivity contribution < 1.29 is 4.74 Å². The third-order valence-corrected chi connectivity index (χ3v) is 5.44. The van der Waals surface area contributed by atoms with Crippen LogP contribution in [-0.2, 0) is 12.8 Å². The normalized spacial score (nSPS) is 12.2. The van der Waals surface area contributed by atoms with Gasteiger partial charge in [-0.25, -0.2) is 0 Å². The van der Waals surface area contributed by atoms with Gasteiger partial charge in [-0.2, -0.15) is 0 Å². The van der Waals surface area contributed by atoms with Crippen molar-refractivity contribution in [1.29, 1.82) is 0 Å². The van der Waals surface area contributed by atoms with Crippen molar-refractivity contribution in [2.24, 2.45) is 7.05 Å². The Labute approximate surface area is 161 Å². The topological polar surface area (TPSA) is 39.9 Å². The number of rotatable bonds is 6. The monoisotopic (exact) mass is 393 g/mol. The van der Waals surface area contributed by atoms with Crippen LogP contribution < -0.4 is 4.74 Å². The number of thioether (sulfide) groups is 1. The van der Waals surface area contributed by atoms with E-state index in [9.17, 15) is 0 Å². The Morgan fingerprint density at radius 2 is 1.72 bits per heavy atom. The maximum absolute atomic E-state index is 6.20. The van der Waals surface area contributed by atoms with Gasteiger partial charge in [0.25, 0.3) is 0 Å². The molecule has 0 fully saturated rings. The predicted molar refractivity (Wildman–Crippen MR) is 103 cm³/mol. The molecule has 4 nitrogen and oxygen atoms in total. The summed E-state index contributed by atoms with van der Waals surface area (Å²) in [5.41, 5.74) is 1.07. The van der Waals surface area contributed by atoms with E-state index in [1.165, 1.54) is 0 Å². The Balaban J connectivity index is 1.70. The zero-order valence-corrected chi connectivity index (χ0v) is 16.1. The number of ether oxygens (including phenoxy) is 1. The second-order valence-electron chi connectivity index (χ2n) is 5.47. The quantitative estimate of drug-likeness (QED) is 0.514. The molecule has 1 aromatic heterocycles. The standard InChI is InChI=1S/C18H17Cl2N3OS/c1-12(24-16-10-6-5-9-15(16)20)17-21-22-18(23(17)2)25-11-13-7-3-4-8-14(13)19/h3-10,12H,11H2,1-2H3. The molecule has 0 radical (unpaired) electrons. The van der Waals surface area contributed by atoms with Crippen molar-refractivity contribution in [1.82, 2.24) is 14.8 Å². The number of aromatic nitrogens is 3. The fourth-order valence-corrected chi connectivity index (χ4v) is 3.73.